The Balaban J connectivity index is 1.57. The van der Waals surface area contributed by atoms with Crippen LogP contribution in [0.3, 0.4) is 0 Å². The molecule has 1 heterocycles. The van der Waals surface area contributed by atoms with Crippen LogP contribution in [-0.4, -0.2) is 37.1 Å². The van der Waals surface area contributed by atoms with Crippen molar-refractivity contribution in [2.24, 2.45) is 12.1 Å². The zero-order valence-electron chi connectivity index (χ0n) is 15.8. The number of nitro groups is 1. The number of rotatable bonds is 7. The summed E-state index contributed by atoms with van der Waals surface area (Å²) in [4.78, 5) is 22.3. The molecule has 29 heavy (non-hydrogen) atoms. The predicted octanol–water partition coefficient (Wildman–Crippen LogP) is 3.02. The highest BCUT2D eigenvalue weighted by atomic mass is 32.2. The maximum absolute atomic E-state index is 12.1. The van der Waals surface area contributed by atoms with Crippen molar-refractivity contribution in [1.29, 1.82) is 0 Å². The first-order valence-corrected chi connectivity index (χ1v) is 9.60. The molecule has 10 heteroatoms. The molecule has 3 aromatic rings. The lowest BCUT2D eigenvalue weighted by Crippen LogP contribution is -2.21. The van der Waals surface area contributed by atoms with E-state index in [1.165, 1.54) is 23.9 Å². The van der Waals surface area contributed by atoms with Crippen molar-refractivity contribution in [3.63, 3.8) is 0 Å². The number of hydrogen-bond acceptors (Lipinski definition) is 7. The first-order chi connectivity index (χ1) is 14.0. The van der Waals surface area contributed by atoms with Crippen LogP contribution in [0.4, 0.5) is 5.69 Å². The topological polar surface area (TPSA) is 115 Å². The van der Waals surface area contributed by atoms with E-state index in [4.69, 9.17) is 0 Å². The predicted molar refractivity (Wildman–Crippen MR) is 111 cm³/mol. The molecule has 9 nitrogen and oxygen atoms in total. The van der Waals surface area contributed by atoms with Crippen molar-refractivity contribution in [3.05, 3.63) is 70.3 Å². The largest absolute Gasteiger partial charge is 0.305 e. The van der Waals surface area contributed by atoms with E-state index >= 15 is 0 Å². The number of carbonyl (C=O) groups is 1. The molecular weight excluding hydrogens is 392 g/mol. The zero-order chi connectivity index (χ0) is 20.8. The third-order valence-electron chi connectivity index (χ3n) is 4.04. The van der Waals surface area contributed by atoms with Gasteiger partial charge in [0.05, 0.1) is 16.4 Å². The van der Waals surface area contributed by atoms with Crippen LogP contribution in [0.25, 0.3) is 11.4 Å². The Bertz CT molecular complexity index is 1050. The second-order valence-corrected chi connectivity index (χ2v) is 7.00. The second-order valence-electron chi connectivity index (χ2n) is 6.06. The molecule has 1 aromatic heterocycles. The van der Waals surface area contributed by atoms with Crippen LogP contribution in [0.15, 0.2) is 64.9 Å². The summed E-state index contributed by atoms with van der Waals surface area (Å²) in [6.45, 7) is 1.71. The standard InChI is InChI=1S/C19H18N6O3S/c1-13(14-8-10-16(11-9-14)25(27)28)20-21-17(26)12-29-19-23-22-18(24(19)2)15-6-4-3-5-7-15/h3-11H,12H2,1-2H3,(H,21,26)/b20-13-. The first kappa shape index (κ1) is 20.2. The van der Waals surface area contributed by atoms with Crippen LogP contribution >= 0.6 is 11.8 Å². The van der Waals surface area contributed by atoms with E-state index in [9.17, 15) is 14.9 Å². The highest BCUT2D eigenvalue weighted by Gasteiger charge is 2.12. The van der Waals surface area contributed by atoms with Gasteiger partial charge in [-0.2, -0.15) is 5.10 Å². The Labute approximate surface area is 171 Å². The fraction of sp³-hybridized carbons (Fsp3) is 0.158. The molecule has 0 saturated carbocycles. The lowest BCUT2D eigenvalue weighted by molar-refractivity contribution is -0.384. The van der Waals surface area contributed by atoms with E-state index in [1.54, 1.807) is 19.1 Å². The third kappa shape index (κ3) is 5.05. The van der Waals surface area contributed by atoms with Crippen LogP contribution in [0, 0.1) is 10.1 Å². The number of benzene rings is 2. The number of thioether (sulfide) groups is 1. The van der Waals surface area contributed by atoms with Crippen LogP contribution in [0.5, 0.6) is 0 Å². The molecule has 0 unspecified atom stereocenters. The van der Waals surface area contributed by atoms with E-state index in [0.29, 0.717) is 16.4 Å². The van der Waals surface area contributed by atoms with Crippen LogP contribution in [0.2, 0.25) is 0 Å². The van der Waals surface area contributed by atoms with E-state index in [-0.39, 0.29) is 17.3 Å². The molecule has 1 amide bonds. The van der Waals surface area contributed by atoms with Gasteiger partial charge in [-0.25, -0.2) is 5.43 Å². The molecule has 0 aliphatic heterocycles. The van der Waals surface area contributed by atoms with Gasteiger partial charge in [0.25, 0.3) is 11.6 Å². The highest BCUT2D eigenvalue weighted by Crippen LogP contribution is 2.22. The molecule has 1 N–H and O–H groups in total. The molecule has 0 fully saturated rings. The number of non-ortho nitro benzene ring substituents is 1. The van der Waals surface area contributed by atoms with Gasteiger partial charge in [-0.1, -0.05) is 42.1 Å². The summed E-state index contributed by atoms with van der Waals surface area (Å²) in [5, 5.41) is 23.7. The molecule has 0 bridgehead atoms. The number of nitrogens with one attached hydrogen (secondary N) is 1. The van der Waals surface area contributed by atoms with Crippen LogP contribution in [0.1, 0.15) is 12.5 Å². The number of nitrogens with zero attached hydrogens (tertiary/aromatic N) is 5. The molecule has 0 radical (unpaired) electrons. The van der Waals surface area contributed by atoms with Crippen LogP contribution in [-0.2, 0) is 11.8 Å². The number of hydrogen-bond donors (Lipinski definition) is 1. The minimum absolute atomic E-state index is 0.000495. The van der Waals surface area contributed by atoms with E-state index in [1.807, 2.05) is 41.9 Å². The lowest BCUT2D eigenvalue weighted by Gasteiger charge is -2.04. The Morgan fingerprint density at radius 3 is 2.52 bits per heavy atom. The van der Waals surface area contributed by atoms with Crippen LogP contribution < -0.4 is 5.43 Å². The maximum atomic E-state index is 12.1. The number of aromatic nitrogens is 3. The highest BCUT2D eigenvalue weighted by molar-refractivity contribution is 7.99. The molecule has 2 aromatic carbocycles. The average Bonchev–Trinajstić information content (AvgIpc) is 3.11. The minimum Gasteiger partial charge on any atom is -0.305 e. The van der Waals surface area contributed by atoms with Gasteiger partial charge >= 0.3 is 0 Å². The van der Waals surface area contributed by atoms with Gasteiger partial charge in [-0.15, -0.1) is 10.2 Å². The van der Waals surface area contributed by atoms with Crippen molar-refractivity contribution in [2.75, 3.05) is 5.75 Å². The fourth-order valence-electron chi connectivity index (χ4n) is 2.48. The molecule has 0 spiro atoms. The van der Waals surface area contributed by atoms with Crippen molar-refractivity contribution >= 4 is 29.1 Å². The summed E-state index contributed by atoms with van der Waals surface area (Å²) in [7, 11) is 1.85. The number of hydrazone groups is 1. The lowest BCUT2D eigenvalue weighted by atomic mass is 10.1. The van der Waals surface area contributed by atoms with Crippen molar-refractivity contribution in [3.8, 4) is 11.4 Å². The van der Waals surface area contributed by atoms with Gasteiger partial charge in [-0.05, 0) is 24.6 Å². The van der Waals surface area contributed by atoms with Crippen molar-refractivity contribution in [2.45, 2.75) is 12.1 Å². The summed E-state index contributed by atoms with van der Waals surface area (Å²) in [6, 6.07) is 15.6. The quantitative estimate of drug-likeness (QED) is 0.277. The molecule has 0 atom stereocenters. The Morgan fingerprint density at radius 2 is 1.86 bits per heavy atom. The fourth-order valence-corrected chi connectivity index (χ4v) is 3.18. The van der Waals surface area contributed by atoms with Gasteiger partial charge in [0.15, 0.2) is 11.0 Å². The van der Waals surface area contributed by atoms with Crippen molar-refractivity contribution in [1.82, 2.24) is 20.2 Å². The molecule has 3 rings (SSSR count). The summed E-state index contributed by atoms with van der Waals surface area (Å²) in [5.74, 6) is 0.554. The van der Waals surface area contributed by atoms with E-state index < -0.39 is 4.92 Å². The SMILES string of the molecule is C/C(=N/NC(=O)CSc1nnc(-c2ccccc2)n1C)c1ccc([N+](=O)[O-])cc1. The Kier molecular flexibility index (Phi) is 6.35. The summed E-state index contributed by atoms with van der Waals surface area (Å²) in [5.41, 5.74) is 4.66. The first-order valence-electron chi connectivity index (χ1n) is 8.61. The smallest absolute Gasteiger partial charge is 0.269 e. The van der Waals surface area contributed by atoms with Gasteiger partial charge in [0.2, 0.25) is 0 Å². The summed E-state index contributed by atoms with van der Waals surface area (Å²) >= 11 is 1.26. The van der Waals surface area contributed by atoms with Gasteiger partial charge in [0.1, 0.15) is 0 Å². The minimum atomic E-state index is -0.467. The number of nitro benzene ring substituents is 1. The van der Waals surface area contributed by atoms with Gasteiger partial charge < -0.3 is 4.57 Å². The Morgan fingerprint density at radius 1 is 1.17 bits per heavy atom. The monoisotopic (exact) mass is 410 g/mol. The maximum Gasteiger partial charge on any atom is 0.269 e. The number of amides is 1. The molecular formula is C19H18N6O3S. The van der Waals surface area contributed by atoms with Crippen molar-refractivity contribution < 1.29 is 9.72 Å². The van der Waals surface area contributed by atoms with Gasteiger partial charge in [0, 0.05) is 24.7 Å². The normalized spacial score (nSPS) is 11.3. The molecule has 148 valence electrons. The summed E-state index contributed by atoms with van der Waals surface area (Å²) < 4.78 is 1.83. The average molecular weight is 410 g/mol. The third-order valence-corrected chi connectivity index (χ3v) is 5.06. The van der Waals surface area contributed by atoms with E-state index in [2.05, 4.69) is 20.7 Å². The number of carbonyl (C=O) groups excluding carboxylic acids is 1. The zero-order valence-corrected chi connectivity index (χ0v) is 16.6. The molecule has 0 saturated heterocycles. The van der Waals surface area contributed by atoms with E-state index in [0.717, 1.165) is 11.4 Å². The summed E-state index contributed by atoms with van der Waals surface area (Å²) in [6.07, 6.45) is 0. The Hall–Kier alpha value is -3.53. The molecule has 0 aliphatic rings. The molecule has 0 aliphatic carbocycles. The second kappa shape index (κ2) is 9.11. The van der Waals surface area contributed by atoms with Gasteiger partial charge in [-0.3, -0.25) is 14.9 Å².